The summed E-state index contributed by atoms with van der Waals surface area (Å²) in [6, 6.07) is 4.64. The van der Waals surface area contributed by atoms with Crippen LogP contribution in [0.25, 0.3) is 0 Å². The number of hydrogen-bond donors (Lipinski definition) is 1. The van der Waals surface area contributed by atoms with Gasteiger partial charge in [0.1, 0.15) is 23.9 Å². The van der Waals surface area contributed by atoms with E-state index in [4.69, 9.17) is 10.5 Å². The molecule has 0 saturated heterocycles. The van der Waals surface area contributed by atoms with E-state index in [9.17, 15) is 13.6 Å². The maximum absolute atomic E-state index is 13.5. The Balaban J connectivity index is 2.12. The van der Waals surface area contributed by atoms with Crippen LogP contribution >= 0.6 is 0 Å². The Morgan fingerprint density at radius 3 is 2.67 bits per heavy atom. The third-order valence-corrected chi connectivity index (χ3v) is 3.01. The highest BCUT2D eigenvalue weighted by Gasteiger charge is 2.17. The first kappa shape index (κ1) is 15.0. The van der Waals surface area contributed by atoms with Gasteiger partial charge in [-0.25, -0.2) is 13.6 Å². The van der Waals surface area contributed by atoms with Crippen molar-refractivity contribution >= 4 is 11.7 Å². The smallest absolute Gasteiger partial charge is 0.355 e. The summed E-state index contributed by atoms with van der Waals surface area (Å²) in [5.74, 6) is -2.03. The molecule has 1 heterocycles. The van der Waals surface area contributed by atoms with Gasteiger partial charge in [-0.3, -0.25) is 0 Å². The molecule has 4 nitrogen and oxygen atoms in total. The molecule has 2 rings (SSSR count). The highest BCUT2D eigenvalue weighted by molar-refractivity contribution is 5.89. The van der Waals surface area contributed by atoms with E-state index >= 15 is 0 Å². The molecule has 1 aromatic carbocycles. The van der Waals surface area contributed by atoms with E-state index in [1.807, 2.05) is 13.8 Å². The minimum atomic E-state index is -0.749. The van der Waals surface area contributed by atoms with Crippen molar-refractivity contribution in [3.63, 3.8) is 0 Å². The molecule has 0 atom stereocenters. The van der Waals surface area contributed by atoms with Crippen LogP contribution in [0, 0.1) is 11.6 Å². The number of benzene rings is 1. The minimum Gasteiger partial charge on any atom is -0.456 e. The third kappa shape index (κ3) is 3.39. The van der Waals surface area contributed by atoms with Crippen molar-refractivity contribution in [3.05, 3.63) is 53.4 Å². The van der Waals surface area contributed by atoms with Gasteiger partial charge < -0.3 is 15.0 Å². The van der Waals surface area contributed by atoms with E-state index in [2.05, 4.69) is 0 Å². The van der Waals surface area contributed by atoms with Crippen LogP contribution in [0.3, 0.4) is 0 Å². The van der Waals surface area contributed by atoms with Gasteiger partial charge in [0.15, 0.2) is 0 Å². The first-order valence-electron chi connectivity index (χ1n) is 6.47. The summed E-state index contributed by atoms with van der Waals surface area (Å²) in [5, 5.41) is 0. The lowest BCUT2D eigenvalue weighted by Crippen LogP contribution is -2.13. The summed E-state index contributed by atoms with van der Waals surface area (Å²) in [7, 11) is 0. The molecular weight excluding hydrogens is 278 g/mol. The average molecular weight is 294 g/mol. The second-order valence-electron chi connectivity index (χ2n) is 4.97. The van der Waals surface area contributed by atoms with Gasteiger partial charge in [-0.1, -0.05) is 0 Å². The Morgan fingerprint density at radius 1 is 1.33 bits per heavy atom. The van der Waals surface area contributed by atoms with Gasteiger partial charge in [-0.05, 0) is 32.0 Å². The Morgan fingerprint density at radius 2 is 2.05 bits per heavy atom. The zero-order chi connectivity index (χ0) is 15.6. The molecule has 0 amide bonds. The number of nitrogens with zero attached hydrogens (tertiary/aromatic N) is 1. The maximum Gasteiger partial charge on any atom is 0.355 e. The summed E-state index contributed by atoms with van der Waals surface area (Å²) in [4.78, 5) is 12.0. The number of nitrogens with two attached hydrogens (primary N) is 1. The maximum atomic E-state index is 13.5. The van der Waals surface area contributed by atoms with E-state index in [-0.39, 0.29) is 18.2 Å². The SMILES string of the molecule is CC(C)n1cc(N)cc1C(=O)OCc1ccc(F)cc1F. The van der Waals surface area contributed by atoms with Gasteiger partial charge in [0.05, 0.1) is 5.69 Å². The number of hydrogen-bond acceptors (Lipinski definition) is 3. The minimum absolute atomic E-state index is 0.0346. The van der Waals surface area contributed by atoms with Crippen molar-refractivity contribution in [2.24, 2.45) is 0 Å². The van der Waals surface area contributed by atoms with Gasteiger partial charge in [-0.15, -0.1) is 0 Å². The van der Waals surface area contributed by atoms with Crippen LogP contribution in [0.5, 0.6) is 0 Å². The topological polar surface area (TPSA) is 57.2 Å². The van der Waals surface area contributed by atoms with Crippen molar-refractivity contribution < 1.29 is 18.3 Å². The first-order valence-corrected chi connectivity index (χ1v) is 6.47. The van der Waals surface area contributed by atoms with Gasteiger partial charge in [0.2, 0.25) is 0 Å². The molecule has 6 heteroatoms. The molecule has 0 radical (unpaired) electrons. The molecule has 0 saturated carbocycles. The highest BCUT2D eigenvalue weighted by Crippen LogP contribution is 2.18. The summed E-state index contributed by atoms with van der Waals surface area (Å²) in [6.07, 6.45) is 1.64. The fourth-order valence-electron chi connectivity index (χ4n) is 1.95. The van der Waals surface area contributed by atoms with Crippen LogP contribution in [0.4, 0.5) is 14.5 Å². The number of aromatic nitrogens is 1. The van der Waals surface area contributed by atoms with Crippen molar-refractivity contribution in [1.29, 1.82) is 0 Å². The zero-order valence-electron chi connectivity index (χ0n) is 11.8. The molecule has 112 valence electrons. The number of esters is 1. The number of halogens is 2. The summed E-state index contributed by atoms with van der Waals surface area (Å²) < 4.78 is 33.0. The van der Waals surface area contributed by atoms with E-state index in [0.29, 0.717) is 11.4 Å². The van der Waals surface area contributed by atoms with Gasteiger partial charge in [0, 0.05) is 23.9 Å². The second kappa shape index (κ2) is 5.95. The monoisotopic (exact) mass is 294 g/mol. The predicted molar refractivity (Wildman–Crippen MR) is 74.7 cm³/mol. The van der Waals surface area contributed by atoms with Crippen molar-refractivity contribution in [1.82, 2.24) is 4.57 Å². The van der Waals surface area contributed by atoms with Crippen LogP contribution in [0.15, 0.2) is 30.5 Å². The van der Waals surface area contributed by atoms with Crippen LogP contribution in [0.1, 0.15) is 35.9 Å². The molecule has 0 spiro atoms. The van der Waals surface area contributed by atoms with Crippen LogP contribution < -0.4 is 5.73 Å². The van der Waals surface area contributed by atoms with Gasteiger partial charge in [-0.2, -0.15) is 0 Å². The molecule has 2 aromatic rings. The van der Waals surface area contributed by atoms with Crippen LogP contribution in [-0.4, -0.2) is 10.5 Å². The molecule has 0 aliphatic heterocycles. The first-order chi connectivity index (χ1) is 9.88. The van der Waals surface area contributed by atoms with E-state index in [0.717, 1.165) is 12.1 Å². The molecule has 0 fully saturated rings. The largest absolute Gasteiger partial charge is 0.456 e. The highest BCUT2D eigenvalue weighted by atomic mass is 19.1. The van der Waals surface area contributed by atoms with Crippen molar-refractivity contribution in [3.8, 4) is 0 Å². The Labute approximate surface area is 121 Å². The molecular formula is C15H16F2N2O2. The zero-order valence-corrected chi connectivity index (χ0v) is 11.8. The quantitative estimate of drug-likeness (QED) is 0.880. The Hall–Kier alpha value is -2.37. The number of nitrogen functional groups attached to an aromatic ring is 1. The molecule has 0 bridgehead atoms. The summed E-state index contributed by atoms with van der Waals surface area (Å²) >= 11 is 0. The number of anilines is 1. The van der Waals surface area contributed by atoms with E-state index < -0.39 is 17.6 Å². The molecule has 0 aliphatic carbocycles. The Bertz CT molecular complexity index is 666. The fraction of sp³-hybridized carbons (Fsp3) is 0.267. The second-order valence-corrected chi connectivity index (χ2v) is 4.97. The lowest BCUT2D eigenvalue weighted by atomic mass is 10.2. The van der Waals surface area contributed by atoms with Crippen LogP contribution in [0.2, 0.25) is 0 Å². The van der Waals surface area contributed by atoms with Crippen molar-refractivity contribution in [2.75, 3.05) is 5.73 Å². The summed E-state index contributed by atoms with van der Waals surface area (Å²) in [5.41, 5.74) is 6.53. The van der Waals surface area contributed by atoms with Gasteiger partial charge in [0.25, 0.3) is 0 Å². The van der Waals surface area contributed by atoms with E-state index in [1.54, 1.807) is 10.8 Å². The Kier molecular flexibility index (Phi) is 4.26. The molecule has 0 aliphatic rings. The van der Waals surface area contributed by atoms with Crippen molar-refractivity contribution in [2.45, 2.75) is 26.5 Å². The third-order valence-electron chi connectivity index (χ3n) is 3.01. The number of ether oxygens (including phenoxy) is 1. The molecule has 0 unspecified atom stereocenters. The number of rotatable bonds is 4. The molecule has 2 N–H and O–H groups in total. The van der Waals surface area contributed by atoms with E-state index in [1.165, 1.54) is 12.1 Å². The number of carbonyl (C=O) groups is 1. The van der Waals surface area contributed by atoms with Gasteiger partial charge >= 0.3 is 5.97 Å². The summed E-state index contributed by atoms with van der Waals surface area (Å²) in [6.45, 7) is 3.53. The lowest BCUT2D eigenvalue weighted by Gasteiger charge is -2.12. The standard InChI is InChI=1S/C15H16F2N2O2/c1-9(2)19-7-12(18)6-14(19)15(20)21-8-10-3-4-11(16)5-13(10)17/h3-7,9H,8,18H2,1-2H3. The average Bonchev–Trinajstić information content (AvgIpc) is 2.80. The molecule has 1 aromatic heterocycles. The normalized spacial score (nSPS) is 10.9. The van der Waals surface area contributed by atoms with Crippen LogP contribution in [-0.2, 0) is 11.3 Å². The number of carbonyl (C=O) groups excluding carboxylic acids is 1. The fourth-order valence-corrected chi connectivity index (χ4v) is 1.95. The predicted octanol–water partition coefficient (Wildman–Crippen LogP) is 3.29. The molecule has 21 heavy (non-hydrogen) atoms. The lowest BCUT2D eigenvalue weighted by molar-refractivity contribution is 0.0454.